The third-order valence-corrected chi connectivity index (χ3v) is 6.34. The summed E-state index contributed by atoms with van der Waals surface area (Å²) in [6.45, 7) is 6.14. The van der Waals surface area contributed by atoms with Crippen LogP contribution in [0.1, 0.15) is 76.5 Å². The molecule has 3 rings (SSSR count). The summed E-state index contributed by atoms with van der Waals surface area (Å²) in [7, 11) is 0. The normalized spacial score (nSPS) is 14.6. The number of unbranched alkanes of at least 4 members (excludes halogenated alkanes) is 3. The largest absolute Gasteiger partial charge is 0.383 e. The molecule has 188 valence electrons. The lowest BCUT2D eigenvalue weighted by Gasteiger charge is -2.34. The number of benzene rings is 1. The van der Waals surface area contributed by atoms with E-state index < -0.39 is 17.3 Å². The van der Waals surface area contributed by atoms with E-state index in [0.29, 0.717) is 19.4 Å². The van der Waals surface area contributed by atoms with Crippen molar-refractivity contribution >= 4 is 29.4 Å². The smallest absolute Gasteiger partial charge is 0.330 e. The first-order valence-corrected chi connectivity index (χ1v) is 12.3. The van der Waals surface area contributed by atoms with Crippen molar-refractivity contribution in [1.82, 2.24) is 14.5 Å². The molecule has 2 amide bonds. The average Bonchev–Trinajstić information content (AvgIpc) is 2.82. The minimum atomic E-state index is -0.683. The number of anilines is 2. The molecule has 0 bridgehead atoms. The molecule has 0 aliphatic carbocycles. The van der Waals surface area contributed by atoms with Crippen LogP contribution in [0.2, 0.25) is 0 Å². The van der Waals surface area contributed by atoms with Gasteiger partial charge in [0.1, 0.15) is 5.82 Å². The molecule has 1 atom stereocenters. The highest BCUT2D eigenvalue weighted by Gasteiger charge is 2.32. The van der Waals surface area contributed by atoms with Crippen LogP contribution in [-0.2, 0) is 16.1 Å². The molecule has 9 heteroatoms. The number of nitrogens with zero attached hydrogens (tertiary/aromatic N) is 3. The summed E-state index contributed by atoms with van der Waals surface area (Å²) in [5, 5.41) is 0. The summed E-state index contributed by atoms with van der Waals surface area (Å²) in [5.74, 6) is -0.527. The van der Waals surface area contributed by atoms with Crippen molar-refractivity contribution in [3.63, 3.8) is 0 Å². The van der Waals surface area contributed by atoms with E-state index in [-0.39, 0.29) is 36.3 Å². The lowest BCUT2D eigenvalue weighted by atomic mass is 9.93. The van der Waals surface area contributed by atoms with Gasteiger partial charge in [0.05, 0.1) is 12.5 Å². The molecule has 0 spiro atoms. The molecule has 0 saturated heterocycles. The van der Waals surface area contributed by atoms with Crippen molar-refractivity contribution < 1.29 is 9.59 Å². The highest BCUT2D eigenvalue weighted by atomic mass is 16.2. The number of H-pyrrole nitrogens is 1. The monoisotopic (exact) mass is 481 g/mol. The fraction of sp³-hybridized carbons (Fsp3) is 0.462. The topological polar surface area (TPSA) is 121 Å². The van der Waals surface area contributed by atoms with E-state index in [1.54, 1.807) is 11.1 Å². The third-order valence-electron chi connectivity index (χ3n) is 6.34. The maximum Gasteiger partial charge on any atom is 0.330 e. The summed E-state index contributed by atoms with van der Waals surface area (Å²) in [6, 6.07) is 7.11. The van der Waals surface area contributed by atoms with Gasteiger partial charge in [0.15, 0.2) is 5.69 Å². The Kier molecular flexibility index (Phi) is 8.68. The number of aromatic nitrogens is 2. The predicted molar refractivity (Wildman–Crippen MR) is 138 cm³/mol. The lowest BCUT2D eigenvalue weighted by Crippen LogP contribution is -2.43. The highest BCUT2D eigenvalue weighted by molar-refractivity contribution is 5.96. The molecule has 9 nitrogen and oxygen atoms in total. The molecule has 1 aliphatic rings. The van der Waals surface area contributed by atoms with Gasteiger partial charge in [-0.05, 0) is 30.0 Å². The van der Waals surface area contributed by atoms with Crippen LogP contribution in [0.5, 0.6) is 0 Å². The summed E-state index contributed by atoms with van der Waals surface area (Å²) in [6.07, 6.45) is 7.54. The molecule has 35 heavy (non-hydrogen) atoms. The fourth-order valence-electron chi connectivity index (χ4n) is 4.45. The zero-order valence-corrected chi connectivity index (χ0v) is 20.8. The molecule has 2 aromatic rings. The lowest BCUT2D eigenvalue weighted by molar-refractivity contribution is -0.129. The predicted octanol–water partition coefficient (Wildman–Crippen LogP) is 3.41. The van der Waals surface area contributed by atoms with Gasteiger partial charge in [-0.2, -0.15) is 0 Å². The second-order valence-electron chi connectivity index (χ2n) is 8.84. The van der Waals surface area contributed by atoms with Gasteiger partial charge in [-0.1, -0.05) is 57.4 Å². The van der Waals surface area contributed by atoms with Crippen LogP contribution >= 0.6 is 0 Å². The van der Waals surface area contributed by atoms with Gasteiger partial charge in [0, 0.05) is 26.2 Å². The van der Waals surface area contributed by atoms with Crippen LogP contribution < -0.4 is 21.9 Å². The average molecular weight is 482 g/mol. The van der Waals surface area contributed by atoms with E-state index in [9.17, 15) is 19.2 Å². The summed E-state index contributed by atoms with van der Waals surface area (Å²) in [4.78, 5) is 56.7. The van der Waals surface area contributed by atoms with E-state index in [4.69, 9.17) is 5.73 Å². The van der Waals surface area contributed by atoms with E-state index in [1.165, 1.54) is 16.4 Å². The van der Waals surface area contributed by atoms with Crippen molar-refractivity contribution in [3.8, 4) is 0 Å². The van der Waals surface area contributed by atoms with Crippen molar-refractivity contribution in [2.45, 2.75) is 71.9 Å². The van der Waals surface area contributed by atoms with Crippen LogP contribution in [0.3, 0.4) is 0 Å². The Balaban J connectivity index is 2.03. The molecular formula is C26H35N5O4. The number of aromatic amines is 1. The number of nitrogens with two attached hydrogens (primary N) is 1. The Bertz CT molecular complexity index is 1210. The van der Waals surface area contributed by atoms with Gasteiger partial charge in [-0.15, -0.1) is 0 Å². The molecule has 1 aliphatic heterocycles. The van der Waals surface area contributed by atoms with Crippen molar-refractivity contribution in [2.24, 2.45) is 0 Å². The number of amides is 2. The van der Waals surface area contributed by atoms with E-state index >= 15 is 0 Å². The van der Waals surface area contributed by atoms with E-state index in [1.807, 2.05) is 44.2 Å². The van der Waals surface area contributed by atoms with E-state index in [2.05, 4.69) is 4.98 Å². The molecule has 1 aromatic carbocycles. The second kappa shape index (κ2) is 11.7. The number of hydrogen-bond donors (Lipinski definition) is 2. The summed E-state index contributed by atoms with van der Waals surface area (Å²) < 4.78 is 1.32. The summed E-state index contributed by atoms with van der Waals surface area (Å²) >= 11 is 0. The fourth-order valence-corrected chi connectivity index (χ4v) is 4.45. The molecule has 0 fully saturated rings. The highest BCUT2D eigenvalue weighted by Crippen LogP contribution is 2.34. The van der Waals surface area contributed by atoms with Crippen LogP contribution in [0.4, 0.5) is 11.5 Å². The zero-order chi connectivity index (χ0) is 25.5. The first kappa shape index (κ1) is 26.0. The first-order valence-electron chi connectivity index (χ1n) is 12.3. The van der Waals surface area contributed by atoms with Gasteiger partial charge >= 0.3 is 5.69 Å². The maximum atomic E-state index is 13.8. The van der Waals surface area contributed by atoms with Gasteiger partial charge in [0.2, 0.25) is 11.8 Å². The number of carbonyl (C=O) groups is 2. The quantitative estimate of drug-likeness (QED) is 0.504. The molecule has 1 aromatic heterocycles. The minimum Gasteiger partial charge on any atom is -0.383 e. The Hall–Kier alpha value is -3.62. The SMILES string of the molecule is CCCCCN(C(=O)CC1c2ccccc2C=CN1C(C)=O)c1c(N)n(CCCC)c(=O)[nH]c1=O. The number of nitrogens with one attached hydrogen (secondary N) is 1. The number of nitrogen functional groups attached to an aromatic ring is 1. The maximum absolute atomic E-state index is 13.8. The first-order chi connectivity index (χ1) is 16.8. The second-order valence-corrected chi connectivity index (χ2v) is 8.84. The number of hydrogen-bond acceptors (Lipinski definition) is 5. The van der Waals surface area contributed by atoms with Gasteiger partial charge in [-0.25, -0.2) is 4.79 Å². The number of fused-ring (bicyclic) bond motifs is 1. The molecular weight excluding hydrogens is 446 g/mol. The van der Waals surface area contributed by atoms with E-state index in [0.717, 1.165) is 30.4 Å². The Labute approximate surface area is 205 Å². The van der Waals surface area contributed by atoms with Gasteiger partial charge in [-0.3, -0.25) is 23.9 Å². The van der Waals surface area contributed by atoms with Crippen LogP contribution in [-0.4, -0.2) is 32.8 Å². The van der Waals surface area contributed by atoms with Crippen LogP contribution in [0.25, 0.3) is 6.08 Å². The third kappa shape index (κ3) is 5.72. The van der Waals surface area contributed by atoms with Gasteiger partial charge < -0.3 is 15.5 Å². The van der Waals surface area contributed by atoms with Crippen molar-refractivity contribution in [1.29, 1.82) is 0 Å². The Morgan fingerprint density at radius 1 is 1.09 bits per heavy atom. The standard InChI is InChI=1S/C26H35N5O4/c1-4-6-10-15-30(23-24(27)31(14-7-5-2)26(35)28-25(23)34)22(33)17-21-20-12-9-8-11-19(20)13-16-29(21)18(3)32/h8-9,11-13,16,21H,4-7,10,14-15,17,27H2,1-3H3,(H,28,34,35). The number of carbonyl (C=O) groups excluding carboxylic acids is 2. The molecule has 2 heterocycles. The molecule has 0 saturated carbocycles. The van der Waals surface area contributed by atoms with Crippen LogP contribution in [0.15, 0.2) is 40.1 Å². The molecule has 1 unspecified atom stereocenters. The van der Waals surface area contributed by atoms with Crippen LogP contribution in [0, 0.1) is 0 Å². The summed E-state index contributed by atoms with van der Waals surface area (Å²) in [5.41, 5.74) is 6.86. The van der Waals surface area contributed by atoms with Crippen molar-refractivity contribution in [3.05, 3.63) is 62.4 Å². The van der Waals surface area contributed by atoms with Gasteiger partial charge in [0.25, 0.3) is 5.56 Å². The Morgan fingerprint density at radius 2 is 1.80 bits per heavy atom. The minimum absolute atomic E-state index is 0.00387. The molecule has 3 N–H and O–H groups in total. The Morgan fingerprint density at radius 3 is 2.49 bits per heavy atom. The zero-order valence-electron chi connectivity index (χ0n) is 20.8. The van der Waals surface area contributed by atoms with Crippen molar-refractivity contribution in [2.75, 3.05) is 17.2 Å². The number of rotatable bonds is 10. The molecule has 0 radical (unpaired) electrons.